The number of rotatable bonds is 7. The van der Waals surface area contributed by atoms with E-state index in [0.717, 1.165) is 17.3 Å². The molecular formula is C19H14Cl2N2O4S. The summed E-state index contributed by atoms with van der Waals surface area (Å²) in [6.07, 6.45) is 1.51. The van der Waals surface area contributed by atoms with Crippen LogP contribution in [-0.2, 0) is 11.4 Å². The molecule has 1 heterocycles. The number of ether oxygens (including phenoxy) is 1. The molecule has 0 aliphatic heterocycles. The number of aromatic nitrogens is 2. The van der Waals surface area contributed by atoms with Gasteiger partial charge in [-0.25, -0.2) is 4.79 Å². The van der Waals surface area contributed by atoms with Gasteiger partial charge in [-0.2, -0.15) is 0 Å². The molecule has 3 rings (SSSR count). The molecule has 0 spiro atoms. The smallest absolute Gasteiger partial charge is 0.342 e. The van der Waals surface area contributed by atoms with Crippen molar-refractivity contribution in [1.82, 2.24) is 10.2 Å². The van der Waals surface area contributed by atoms with E-state index in [4.69, 9.17) is 32.4 Å². The summed E-state index contributed by atoms with van der Waals surface area (Å²) >= 11 is 12.9. The largest absolute Gasteiger partial charge is 0.489 e. The molecule has 3 aromatic rings. The van der Waals surface area contributed by atoms with E-state index in [1.54, 1.807) is 49.4 Å². The van der Waals surface area contributed by atoms with Gasteiger partial charge in [0.1, 0.15) is 17.3 Å². The van der Waals surface area contributed by atoms with Crippen LogP contribution in [0.3, 0.4) is 0 Å². The lowest BCUT2D eigenvalue weighted by molar-refractivity contribution is -0.131. The van der Waals surface area contributed by atoms with Gasteiger partial charge in [0.2, 0.25) is 5.89 Å². The Bertz CT molecular complexity index is 1040. The molecule has 1 N–H and O–H groups in total. The summed E-state index contributed by atoms with van der Waals surface area (Å²) < 4.78 is 11.0. The fourth-order valence-corrected chi connectivity index (χ4v) is 3.37. The molecule has 0 aliphatic carbocycles. The number of nitrogens with zero attached hydrogens (tertiary/aromatic N) is 2. The van der Waals surface area contributed by atoms with Crippen LogP contribution in [0.4, 0.5) is 0 Å². The Kier molecular flexibility index (Phi) is 6.61. The molecular weight excluding hydrogens is 423 g/mol. The van der Waals surface area contributed by atoms with Crippen molar-refractivity contribution < 1.29 is 19.1 Å². The normalized spacial score (nSPS) is 11.5. The highest BCUT2D eigenvalue weighted by Gasteiger charge is 2.14. The first-order valence-electron chi connectivity index (χ1n) is 8.00. The van der Waals surface area contributed by atoms with Crippen molar-refractivity contribution in [2.24, 2.45) is 0 Å². The van der Waals surface area contributed by atoms with Gasteiger partial charge < -0.3 is 14.3 Å². The minimum absolute atomic E-state index is 0.0431. The summed E-state index contributed by atoms with van der Waals surface area (Å²) in [4.78, 5) is 11.6. The quantitative estimate of drug-likeness (QED) is 0.387. The van der Waals surface area contributed by atoms with Crippen LogP contribution in [0.5, 0.6) is 5.75 Å². The third-order valence-corrected chi connectivity index (χ3v) is 4.92. The lowest BCUT2D eigenvalue weighted by atomic mass is 10.2. The maximum atomic E-state index is 11.5. The zero-order chi connectivity index (χ0) is 20.1. The third kappa shape index (κ3) is 5.51. The van der Waals surface area contributed by atoms with E-state index in [9.17, 15) is 9.90 Å². The highest BCUT2D eigenvalue weighted by Crippen LogP contribution is 2.28. The SMILES string of the molecule is Cc1nnc(S/C(=C\c2cccc(OCc3ccc(Cl)cc3Cl)c2)C(=O)O)o1. The Morgan fingerprint density at radius 3 is 2.75 bits per heavy atom. The predicted octanol–water partition coefficient (Wildman–Crippen LogP) is 5.48. The summed E-state index contributed by atoms with van der Waals surface area (Å²) in [5.74, 6) is -0.160. The van der Waals surface area contributed by atoms with Gasteiger partial charge in [0.05, 0.1) is 0 Å². The number of benzene rings is 2. The van der Waals surface area contributed by atoms with Gasteiger partial charge in [0.15, 0.2) is 0 Å². The number of hydrogen-bond acceptors (Lipinski definition) is 6. The molecule has 0 atom stereocenters. The number of carbonyl (C=O) groups is 1. The van der Waals surface area contributed by atoms with Crippen LogP contribution in [0.2, 0.25) is 10.0 Å². The average Bonchev–Trinajstić information content (AvgIpc) is 3.05. The monoisotopic (exact) mass is 436 g/mol. The van der Waals surface area contributed by atoms with Crippen LogP contribution < -0.4 is 4.74 Å². The van der Waals surface area contributed by atoms with E-state index in [2.05, 4.69) is 10.2 Å². The fourth-order valence-electron chi connectivity index (χ4n) is 2.19. The van der Waals surface area contributed by atoms with E-state index < -0.39 is 5.97 Å². The second-order valence-corrected chi connectivity index (χ2v) is 7.44. The Morgan fingerprint density at radius 1 is 1.25 bits per heavy atom. The zero-order valence-corrected chi connectivity index (χ0v) is 16.9. The number of carboxylic acids is 1. The summed E-state index contributed by atoms with van der Waals surface area (Å²) in [7, 11) is 0. The standard InChI is InChI=1S/C19H14Cl2N2O4S/c1-11-22-23-19(27-11)28-17(18(24)25)8-12-3-2-4-15(7-12)26-10-13-5-6-14(20)9-16(13)21/h2-9H,10H2,1H3,(H,24,25)/b17-8-. The minimum atomic E-state index is -1.10. The molecule has 9 heteroatoms. The molecule has 0 unspecified atom stereocenters. The van der Waals surface area contributed by atoms with Gasteiger partial charge >= 0.3 is 5.97 Å². The average molecular weight is 437 g/mol. The van der Waals surface area contributed by atoms with Crippen molar-refractivity contribution in [2.75, 3.05) is 0 Å². The van der Waals surface area contributed by atoms with Gasteiger partial charge in [-0.3, -0.25) is 0 Å². The number of aliphatic carboxylic acids is 1. The molecule has 2 aromatic carbocycles. The number of halogens is 2. The first-order chi connectivity index (χ1) is 13.4. The van der Waals surface area contributed by atoms with Gasteiger partial charge in [-0.1, -0.05) is 41.4 Å². The maximum absolute atomic E-state index is 11.5. The Morgan fingerprint density at radius 2 is 2.07 bits per heavy atom. The van der Waals surface area contributed by atoms with Crippen LogP contribution >= 0.6 is 35.0 Å². The summed E-state index contributed by atoms with van der Waals surface area (Å²) in [6, 6.07) is 12.2. The number of carboxylic acid groups (broad SMARTS) is 1. The van der Waals surface area contributed by atoms with Gasteiger partial charge in [-0.05, 0) is 47.7 Å². The Labute approximate surface area is 175 Å². The summed E-state index contributed by atoms with van der Waals surface area (Å²) in [6.45, 7) is 1.89. The molecule has 0 amide bonds. The molecule has 0 aliphatic rings. The Balaban J connectivity index is 1.75. The molecule has 0 radical (unpaired) electrons. The third-order valence-electron chi connectivity index (χ3n) is 3.48. The van der Waals surface area contributed by atoms with E-state index in [-0.39, 0.29) is 16.7 Å². The molecule has 6 nitrogen and oxygen atoms in total. The van der Waals surface area contributed by atoms with Crippen molar-refractivity contribution in [3.8, 4) is 5.75 Å². The fraction of sp³-hybridized carbons (Fsp3) is 0.105. The molecule has 0 saturated heterocycles. The second kappa shape index (κ2) is 9.14. The Hall–Kier alpha value is -2.48. The number of aryl methyl sites for hydroxylation is 1. The van der Waals surface area contributed by atoms with Crippen LogP contribution in [-0.4, -0.2) is 21.3 Å². The van der Waals surface area contributed by atoms with E-state index in [0.29, 0.717) is 27.2 Å². The van der Waals surface area contributed by atoms with Crippen molar-refractivity contribution in [3.05, 3.63) is 74.4 Å². The van der Waals surface area contributed by atoms with Crippen molar-refractivity contribution in [2.45, 2.75) is 18.8 Å². The maximum Gasteiger partial charge on any atom is 0.342 e. The molecule has 0 fully saturated rings. The first-order valence-corrected chi connectivity index (χ1v) is 9.57. The highest BCUT2D eigenvalue weighted by atomic mass is 35.5. The second-order valence-electron chi connectivity index (χ2n) is 5.60. The van der Waals surface area contributed by atoms with E-state index in [1.807, 2.05) is 0 Å². The van der Waals surface area contributed by atoms with E-state index >= 15 is 0 Å². The molecule has 144 valence electrons. The van der Waals surface area contributed by atoms with Crippen LogP contribution in [0.15, 0.2) is 57.0 Å². The van der Waals surface area contributed by atoms with Crippen molar-refractivity contribution in [1.29, 1.82) is 0 Å². The zero-order valence-electron chi connectivity index (χ0n) is 14.6. The number of thioether (sulfide) groups is 1. The molecule has 28 heavy (non-hydrogen) atoms. The van der Waals surface area contributed by atoms with Crippen LogP contribution in [0.25, 0.3) is 6.08 Å². The van der Waals surface area contributed by atoms with Crippen molar-refractivity contribution in [3.63, 3.8) is 0 Å². The lowest BCUT2D eigenvalue weighted by Crippen LogP contribution is -1.98. The first kappa shape index (κ1) is 20.3. The lowest BCUT2D eigenvalue weighted by Gasteiger charge is -2.09. The van der Waals surface area contributed by atoms with Gasteiger partial charge in [0, 0.05) is 22.5 Å². The summed E-state index contributed by atoms with van der Waals surface area (Å²) in [5.41, 5.74) is 1.45. The molecule has 0 saturated carbocycles. The van der Waals surface area contributed by atoms with Crippen LogP contribution in [0, 0.1) is 6.92 Å². The molecule has 1 aromatic heterocycles. The number of hydrogen-bond donors (Lipinski definition) is 1. The van der Waals surface area contributed by atoms with Crippen LogP contribution in [0.1, 0.15) is 17.0 Å². The van der Waals surface area contributed by atoms with Gasteiger partial charge in [-0.15, -0.1) is 10.2 Å². The topological polar surface area (TPSA) is 85.5 Å². The summed E-state index contributed by atoms with van der Waals surface area (Å²) in [5, 5.41) is 18.2. The highest BCUT2D eigenvalue weighted by molar-refractivity contribution is 8.03. The predicted molar refractivity (Wildman–Crippen MR) is 108 cm³/mol. The van der Waals surface area contributed by atoms with E-state index in [1.165, 1.54) is 6.08 Å². The van der Waals surface area contributed by atoms with Gasteiger partial charge in [0.25, 0.3) is 5.22 Å². The minimum Gasteiger partial charge on any atom is -0.489 e. The molecule has 0 bridgehead atoms. The van der Waals surface area contributed by atoms with Crippen molar-refractivity contribution >= 4 is 47.0 Å².